The fourth-order valence-electron chi connectivity index (χ4n) is 1.57. The number of ether oxygens (including phenoxy) is 2. The predicted octanol–water partition coefficient (Wildman–Crippen LogP) is 3.24. The molecule has 1 aromatic carbocycles. The summed E-state index contributed by atoms with van der Waals surface area (Å²) >= 11 is 0. The van der Waals surface area contributed by atoms with E-state index in [0.717, 1.165) is 11.0 Å². The van der Waals surface area contributed by atoms with Crippen LogP contribution in [-0.2, 0) is 4.74 Å². The van der Waals surface area contributed by atoms with Gasteiger partial charge in [0, 0.05) is 11.5 Å². The maximum Gasteiger partial charge on any atom is 0.288 e. The molecule has 0 fully saturated rings. The van der Waals surface area contributed by atoms with Crippen LogP contribution in [0.4, 0.5) is 0 Å². The van der Waals surface area contributed by atoms with Crippen molar-refractivity contribution in [3.8, 4) is 5.95 Å². The molecule has 0 saturated heterocycles. The van der Waals surface area contributed by atoms with Gasteiger partial charge in [-0.25, -0.2) is 0 Å². The lowest BCUT2D eigenvalue weighted by Gasteiger charge is -2.14. The van der Waals surface area contributed by atoms with Crippen LogP contribution in [0.3, 0.4) is 0 Å². The van der Waals surface area contributed by atoms with Gasteiger partial charge in [-0.3, -0.25) is 0 Å². The quantitative estimate of drug-likeness (QED) is 0.769. The first-order chi connectivity index (χ1) is 7.92. The molecule has 3 rings (SSSR count). The van der Waals surface area contributed by atoms with Gasteiger partial charge in [-0.15, -0.1) is 0 Å². The molecule has 3 heteroatoms. The van der Waals surface area contributed by atoms with Crippen molar-refractivity contribution >= 4 is 11.0 Å². The molecule has 1 aliphatic rings. The molecule has 2 aromatic rings. The predicted molar refractivity (Wildman–Crippen MR) is 60.0 cm³/mol. The van der Waals surface area contributed by atoms with Crippen LogP contribution in [0.15, 0.2) is 59.2 Å². The summed E-state index contributed by atoms with van der Waals surface area (Å²) in [6.07, 6.45) is 6.67. The number of para-hydroxylation sites is 1. The van der Waals surface area contributed by atoms with Crippen molar-refractivity contribution in [2.24, 2.45) is 0 Å². The second-order valence-corrected chi connectivity index (χ2v) is 3.44. The molecule has 1 unspecified atom stereocenters. The smallest absolute Gasteiger partial charge is 0.288 e. The lowest BCUT2D eigenvalue weighted by molar-refractivity contribution is -0.00695. The Labute approximate surface area is 92.6 Å². The van der Waals surface area contributed by atoms with Crippen LogP contribution >= 0.6 is 0 Å². The Balaban J connectivity index is 1.84. The monoisotopic (exact) mass is 214 g/mol. The Kier molecular flexibility index (Phi) is 2.14. The lowest BCUT2D eigenvalue weighted by atomic mass is 10.3. The van der Waals surface area contributed by atoms with Gasteiger partial charge in [0.1, 0.15) is 5.58 Å². The van der Waals surface area contributed by atoms with E-state index in [9.17, 15) is 0 Å². The van der Waals surface area contributed by atoms with E-state index < -0.39 is 6.29 Å². The average Bonchev–Trinajstić information content (AvgIpc) is 2.72. The molecule has 2 heterocycles. The first-order valence-electron chi connectivity index (χ1n) is 5.06. The van der Waals surface area contributed by atoms with Crippen LogP contribution in [0.5, 0.6) is 5.95 Å². The molecular formula is C13H10O3. The number of fused-ring (bicyclic) bond motifs is 1. The van der Waals surface area contributed by atoms with Crippen molar-refractivity contribution in [2.75, 3.05) is 0 Å². The third-order valence-electron chi connectivity index (χ3n) is 2.31. The van der Waals surface area contributed by atoms with Crippen molar-refractivity contribution in [2.45, 2.75) is 6.29 Å². The molecule has 80 valence electrons. The molecule has 16 heavy (non-hydrogen) atoms. The highest BCUT2D eigenvalue weighted by Crippen LogP contribution is 2.25. The third kappa shape index (κ3) is 1.67. The Bertz CT molecular complexity index is 518. The molecule has 0 aliphatic carbocycles. The molecular weight excluding hydrogens is 204 g/mol. The van der Waals surface area contributed by atoms with Crippen molar-refractivity contribution in [3.05, 3.63) is 54.8 Å². The van der Waals surface area contributed by atoms with Crippen LogP contribution < -0.4 is 4.74 Å². The molecule has 0 saturated carbocycles. The summed E-state index contributed by atoms with van der Waals surface area (Å²) in [7, 11) is 0. The highest BCUT2D eigenvalue weighted by molar-refractivity contribution is 5.78. The number of rotatable bonds is 2. The van der Waals surface area contributed by atoms with E-state index in [1.807, 2.05) is 42.5 Å². The Morgan fingerprint density at radius 3 is 2.88 bits per heavy atom. The van der Waals surface area contributed by atoms with Crippen molar-refractivity contribution in [1.82, 2.24) is 0 Å². The Hall–Kier alpha value is -2.16. The normalized spacial score (nSPS) is 18.6. The number of allylic oxidation sites excluding steroid dienone is 2. The molecule has 0 amide bonds. The molecule has 0 radical (unpaired) electrons. The SMILES string of the molecule is C1=COC(Oc2cc3ccccc3o2)C=C1. The summed E-state index contributed by atoms with van der Waals surface area (Å²) in [5.41, 5.74) is 0.813. The van der Waals surface area contributed by atoms with Gasteiger partial charge in [-0.1, -0.05) is 24.3 Å². The molecule has 1 atom stereocenters. The first-order valence-corrected chi connectivity index (χ1v) is 5.06. The van der Waals surface area contributed by atoms with E-state index in [2.05, 4.69) is 0 Å². The van der Waals surface area contributed by atoms with Gasteiger partial charge in [-0.05, 0) is 18.2 Å². The van der Waals surface area contributed by atoms with Crippen LogP contribution in [0, 0.1) is 0 Å². The van der Waals surface area contributed by atoms with E-state index in [0.29, 0.717) is 5.95 Å². The zero-order valence-corrected chi connectivity index (χ0v) is 8.50. The summed E-state index contributed by atoms with van der Waals surface area (Å²) in [6.45, 7) is 0. The fraction of sp³-hybridized carbons (Fsp3) is 0.0769. The van der Waals surface area contributed by atoms with Crippen LogP contribution in [0.2, 0.25) is 0 Å². The van der Waals surface area contributed by atoms with E-state index in [4.69, 9.17) is 13.9 Å². The first kappa shape index (κ1) is 9.09. The summed E-state index contributed by atoms with van der Waals surface area (Å²) in [4.78, 5) is 0. The summed E-state index contributed by atoms with van der Waals surface area (Å²) < 4.78 is 16.3. The van der Waals surface area contributed by atoms with Crippen LogP contribution in [0.25, 0.3) is 11.0 Å². The average molecular weight is 214 g/mol. The van der Waals surface area contributed by atoms with Gasteiger partial charge >= 0.3 is 0 Å². The van der Waals surface area contributed by atoms with E-state index in [-0.39, 0.29) is 0 Å². The van der Waals surface area contributed by atoms with Crippen LogP contribution in [0.1, 0.15) is 0 Å². The minimum absolute atomic E-state index is 0.412. The van der Waals surface area contributed by atoms with Crippen molar-refractivity contribution < 1.29 is 13.9 Å². The maximum atomic E-state index is 5.51. The summed E-state index contributed by atoms with van der Waals surface area (Å²) in [5, 5.41) is 1.02. The van der Waals surface area contributed by atoms with Crippen molar-refractivity contribution in [3.63, 3.8) is 0 Å². The van der Waals surface area contributed by atoms with E-state index >= 15 is 0 Å². The second-order valence-electron chi connectivity index (χ2n) is 3.44. The summed E-state index contributed by atoms with van der Waals surface area (Å²) in [5.74, 6) is 0.464. The number of hydrogen-bond acceptors (Lipinski definition) is 3. The third-order valence-corrected chi connectivity index (χ3v) is 2.31. The second kappa shape index (κ2) is 3.77. The van der Waals surface area contributed by atoms with E-state index in [1.165, 1.54) is 0 Å². The molecule has 0 bridgehead atoms. The molecule has 1 aromatic heterocycles. The number of furan rings is 1. The van der Waals surface area contributed by atoms with Gasteiger partial charge in [0.15, 0.2) is 0 Å². The number of benzene rings is 1. The molecule has 0 spiro atoms. The van der Waals surface area contributed by atoms with Gasteiger partial charge < -0.3 is 13.9 Å². The standard InChI is InChI=1S/C13H10O3/c1-2-6-11-10(5-1)9-13(15-11)16-12-7-3-4-8-14-12/h1-9,12H. The lowest BCUT2D eigenvalue weighted by Crippen LogP contribution is -2.15. The maximum absolute atomic E-state index is 5.51. The van der Waals surface area contributed by atoms with E-state index in [1.54, 1.807) is 12.3 Å². The van der Waals surface area contributed by atoms with Crippen molar-refractivity contribution in [1.29, 1.82) is 0 Å². The molecule has 0 N–H and O–H groups in total. The van der Waals surface area contributed by atoms with Gasteiger partial charge in [0.2, 0.25) is 0 Å². The van der Waals surface area contributed by atoms with Gasteiger partial charge in [0.05, 0.1) is 6.26 Å². The summed E-state index contributed by atoms with van der Waals surface area (Å²) in [6, 6.07) is 9.62. The highest BCUT2D eigenvalue weighted by Gasteiger charge is 2.11. The number of hydrogen-bond donors (Lipinski definition) is 0. The van der Waals surface area contributed by atoms with Gasteiger partial charge in [-0.2, -0.15) is 0 Å². The highest BCUT2D eigenvalue weighted by atomic mass is 16.7. The zero-order valence-electron chi connectivity index (χ0n) is 8.50. The van der Waals surface area contributed by atoms with Gasteiger partial charge in [0.25, 0.3) is 12.2 Å². The van der Waals surface area contributed by atoms with Crippen LogP contribution in [-0.4, -0.2) is 6.29 Å². The zero-order chi connectivity index (χ0) is 10.8. The minimum Gasteiger partial charge on any atom is -0.459 e. The largest absolute Gasteiger partial charge is 0.459 e. The Morgan fingerprint density at radius 1 is 1.12 bits per heavy atom. The molecule has 1 aliphatic heterocycles. The Morgan fingerprint density at radius 2 is 2.06 bits per heavy atom. The topological polar surface area (TPSA) is 31.6 Å². The fourth-order valence-corrected chi connectivity index (χ4v) is 1.57. The molecule has 3 nitrogen and oxygen atoms in total. The minimum atomic E-state index is -0.412.